The van der Waals surface area contributed by atoms with E-state index < -0.39 is 0 Å². The summed E-state index contributed by atoms with van der Waals surface area (Å²) in [5, 5.41) is 12.8. The van der Waals surface area contributed by atoms with Crippen molar-refractivity contribution in [2.45, 2.75) is 45.2 Å². The fourth-order valence-electron chi connectivity index (χ4n) is 3.56. The second kappa shape index (κ2) is 7.64. The van der Waals surface area contributed by atoms with Crippen molar-refractivity contribution in [3.05, 3.63) is 35.4 Å². The predicted octanol–water partition coefficient (Wildman–Crippen LogP) is 2.26. The Morgan fingerprint density at radius 1 is 1.19 bits per heavy atom. The van der Waals surface area contributed by atoms with Crippen LogP contribution in [0, 0.1) is 6.92 Å². The molecule has 0 aliphatic carbocycles. The number of amides is 2. The SMILES string of the molecule is Cc1ccc(CNC(=O)[C@H]2CCCN2c2nnc(N3CCCC3=O)s2)cc1. The molecular weight excluding hydrogens is 362 g/mol. The lowest BCUT2D eigenvalue weighted by Crippen LogP contribution is -2.43. The number of aromatic nitrogens is 2. The van der Waals surface area contributed by atoms with Crippen molar-refractivity contribution in [2.24, 2.45) is 0 Å². The molecule has 142 valence electrons. The van der Waals surface area contributed by atoms with Crippen molar-refractivity contribution in [2.75, 3.05) is 22.9 Å². The van der Waals surface area contributed by atoms with Gasteiger partial charge in [0, 0.05) is 26.1 Å². The molecule has 0 saturated carbocycles. The first-order chi connectivity index (χ1) is 13.1. The Morgan fingerprint density at radius 2 is 1.96 bits per heavy atom. The Kier molecular flexibility index (Phi) is 5.07. The molecule has 2 aliphatic rings. The topological polar surface area (TPSA) is 78.4 Å². The van der Waals surface area contributed by atoms with Crippen LogP contribution in [0.15, 0.2) is 24.3 Å². The number of nitrogens with one attached hydrogen (secondary N) is 1. The molecule has 2 fully saturated rings. The fraction of sp³-hybridized carbons (Fsp3) is 0.474. The van der Waals surface area contributed by atoms with Crippen molar-refractivity contribution in [3.8, 4) is 0 Å². The monoisotopic (exact) mass is 385 g/mol. The van der Waals surface area contributed by atoms with Crippen molar-refractivity contribution < 1.29 is 9.59 Å². The van der Waals surface area contributed by atoms with Gasteiger partial charge in [-0.05, 0) is 31.7 Å². The molecular formula is C19H23N5O2S. The molecule has 0 bridgehead atoms. The number of nitrogens with zero attached hydrogens (tertiary/aromatic N) is 4. The summed E-state index contributed by atoms with van der Waals surface area (Å²) in [5.41, 5.74) is 2.29. The molecule has 1 atom stereocenters. The van der Waals surface area contributed by atoms with E-state index in [0.717, 1.165) is 36.5 Å². The lowest BCUT2D eigenvalue weighted by molar-refractivity contribution is -0.122. The number of carbonyl (C=O) groups is 2. The van der Waals surface area contributed by atoms with E-state index in [9.17, 15) is 9.59 Å². The molecule has 7 nitrogen and oxygen atoms in total. The molecule has 8 heteroatoms. The van der Waals surface area contributed by atoms with Gasteiger partial charge in [-0.15, -0.1) is 10.2 Å². The fourth-order valence-corrected chi connectivity index (χ4v) is 4.53. The normalized spacial score (nSPS) is 19.7. The van der Waals surface area contributed by atoms with Crippen molar-refractivity contribution >= 4 is 33.4 Å². The van der Waals surface area contributed by atoms with Crippen molar-refractivity contribution in [1.29, 1.82) is 0 Å². The number of anilines is 2. The zero-order valence-corrected chi connectivity index (χ0v) is 16.2. The maximum Gasteiger partial charge on any atom is 0.243 e. The largest absolute Gasteiger partial charge is 0.350 e. The first kappa shape index (κ1) is 17.9. The zero-order chi connectivity index (χ0) is 18.8. The van der Waals surface area contributed by atoms with Gasteiger partial charge in [-0.25, -0.2) is 0 Å². The Hall–Kier alpha value is -2.48. The van der Waals surface area contributed by atoms with E-state index in [1.165, 1.54) is 16.9 Å². The van der Waals surface area contributed by atoms with Gasteiger partial charge in [-0.2, -0.15) is 0 Å². The lowest BCUT2D eigenvalue weighted by atomic mass is 10.1. The Morgan fingerprint density at radius 3 is 2.70 bits per heavy atom. The van der Waals surface area contributed by atoms with Gasteiger partial charge in [0.2, 0.25) is 22.1 Å². The molecule has 0 unspecified atom stereocenters. The van der Waals surface area contributed by atoms with Gasteiger partial charge < -0.3 is 10.2 Å². The van der Waals surface area contributed by atoms with E-state index in [4.69, 9.17) is 0 Å². The molecule has 3 heterocycles. The van der Waals surface area contributed by atoms with Crippen LogP contribution in [0.2, 0.25) is 0 Å². The van der Waals surface area contributed by atoms with E-state index in [0.29, 0.717) is 24.6 Å². The van der Waals surface area contributed by atoms with Gasteiger partial charge in [0.05, 0.1) is 0 Å². The molecule has 27 heavy (non-hydrogen) atoms. The summed E-state index contributed by atoms with van der Waals surface area (Å²) >= 11 is 1.40. The van der Waals surface area contributed by atoms with Crippen molar-refractivity contribution in [1.82, 2.24) is 15.5 Å². The molecule has 2 aromatic rings. The minimum absolute atomic E-state index is 0.0158. The van der Waals surface area contributed by atoms with Crippen LogP contribution in [0.25, 0.3) is 0 Å². The highest BCUT2D eigenvalue weighted by Crippen LogP contribution is 2.33. The van der Waals surface area contributed by atoms with Crippen LogP contribution in [-0.4, -0.2) is 41.1 Å². The van der Waals surface area contributed by atoms with Gasteiger partial charge >= 0.3 is 0 Å². The third-order valence-electron chi connectivity index (χ3n) is 5.10. The van der Waals surface area contributed by atoms with Gasteiger partial charge in [0.15, 0.2) is 0 Å². The standard InChI is InChI=1S/C19H23N5O2S/c1-13-6-8-14(9-7-13)12-20-17(26)15-4-2-10-23(15)18-21-22-19(27-18)24-11-3-5-16(24)25/h6-9,15H,2-5,10-12H2,1H3,(H,20,26)/t15-/m1/s1. The van der Waals surface area contributed by atoms with Gasteiger partial charge in [-0.1, -0.05) is 41.2 Å². The van der Waals surface area contributed by atoms with E-state index in [1.807, 2.05) is 36.1 Å². The minimum atomic E-state index is -0.231. The van der Waals surface area contributed by atoms with E-state index in [2.05, 4.69) is 15.5 Å². The van der Waals surface area contributed by atoms with Crippen LogP contribution < -0.4 is 15.1 Å². The number of rotatable bonds is 5. The average molecular weight is 385 g/mol. The third-order valence-corrected chi connectivity index (χ3v) is 6.08. The van der Waals surface area contributed by atoms with Crippen LogP contribution in [0.5, 0.6) is 0 Å². The summed E-state index contributed by atoms with van der Waals surface area (Å²) in [6, 6.07) is 7.93. The second-order valence-electron chi connectivity index (χ2n) is 7.07. The number of aryl methyl sites for hydroxylation is 1. The number of carbonyl (C=O) groups excluding carboxylic acids is 2. The quantitative estimate of drug-likeness (QED) is 0.854. The summed E-state index contributed by atoms with van der Waals surface area (Å²) in [7, 11) is 0. The highest BCUT2D eigenvalue weighted by Gasteiger charge is 2.34. The first-order valence-corrected chi connectivity index (χ1v) is 10.2. The van der Waals surface area contributed by atoms with Gasteiger partial charge in [0.1, 0.15) is 6.04 Å². The van der Waals surface area contributed by atoms with Crippen LogP contribution in [0.4, 0.5) is 10.3 Å². The van der Waals surface area contributed by atoms with Crippen LogP contribution in [0.3, 0.4) is 0 Å². The summed E-state index contributed by atoms with van der Waals surface area (Å²) in [4.78, 5) is 28.3. The minimum Gasteiger partial charge on any atom is -0.350 e. The molecule has 1 N–H and O–H groups in total. The summed E-state index contributed by atoms with van der Waals surface area (Å²) in [6.07, 6.45) is 3.18. The Labute approximate surface area is 162 Å². The maximum atomic E-state index is 12.7. The Bertz CT molecular complexity index is 835. The molecule has 2 aliphatic heterocycles. The second-order valence-corrected chi connectivity index (χ2v) is 8.01. The molecule has 4 rings (SSSR count). The van der Waals surface area contributed by atoms with E-state index in [-0.39, 0.29) is 17.9 Å². The summed E-state index contributed by atoms with van der Waals surface area (Å²) in [6.45, 7) is 4.05. The number of benzene rings is 1. The Balaban J connectivity index is 1.41. The lowest BCUT2D eigenvalue weighted by Gasteiger charge is -2.22. The van der Waals surface area contributed by atoms with Gasteiger partial charge in [-0.3, -0.25) is 14.5 Å². The predicted molar refractivity (Wildman–Crippen MR) is 105 cm³/mol. The number of hydrogen-bond acceptors (Lipinski definition) is 6. The smallest absolute Gasteiger partial charge is 0.243 e. The highest BCUT2D eigenvalue weighted by molar-refractivity contribution is 7.19. The summed E-state index contributed by atoms with van der Waals surface area (Å²) in [5.74, 6) is 0.119. The van der Waals surface area contributed by atoms with Gasteiger partial charge in [0.25, 0.3) is 0 Å². The zero-order valence-electron chi connectivity index (χ0n) is 15.4. The number of hydrogen-bond donors (Lipinski definition) is 1. The van der Waals surface area contributed by atoms with Crippen LogP contribution >= 0.6 is 11.3 Å². The molecule has 2 saturated heterocycles. The first-order valence-electron chi connectivity index (χ1n) is 9.35. The molecule has 1 aromatic heterocycles. The van der Waals surface area contributed by atoms with E-state index >= 15 is 0 Å². The maximum absolute atomic E-state index is 12.7. The molecule has 2 amide bonds. The third kappa shape index (κ3) is 3.80. The highest BCUT2D eigenvalue weighted by atomic mass is 32.1. The van der Waals surface area contributed by atoms with Crippen LogP contribution in [-0.2, 0) is 16.1 Å². The summed E-state index contributed by atoms with van der Waals surface area (Å²) < 4.78 is 0. The van der Waals surface area contributed by atoms with Crippen LogP contribution in [0.1, 0.15) is 36.8 Å². The molecule has 0 spiro atoms. The average Bonchev–Trinajstić information content (AvgIpc) is 3.40. The molecule has 1 aromatic carbocycles. The van der Waals surface area contributed by atoms with E-state index in [1.54, 1.807) is 4.90 Å². The van der Waals surface area contributed by atoms with Crippen molar-refractivity contribution in [3.63, 3.8) is 0 Å². The molecule has 0 radical (unpaired) electrons.